The molecule has 1 unspecified atom stereocenters. The Labute approximate surface area is 154 Å². The first-order valence-corrected chi connectivity index (χ1v) is 8.91. The van der Waals surface area contributed by atoms with Crippen LogP contribution in [0.25, 0.3) is 6.08 Å². The number of ketones is 1. The summed E-state index contributed by atoms with van der Waals surface area (Å²) in [7, 11) is 0. The third-order valence-corrected chi connectivity index (χ3v) is 4.92. The van der Waals surface area contributed by atoms with E-state index in [0.29, 0.717) is 22.8 Å². The lowest BCUT2D eigenvalue weighted by molar-refractivity contribution is -0.124. The van der Waals surface area contributed by atoms with E-state index >= 15 is 0 Å². The maximum atomic E-state index is 12.6. The van der Waals surface area contributed by atoms with Crippen molar-refractivity contribution in [3.8, 4) is 11.5 Å². The predicted octanol–water partition coefficient (Wildman–Crippen LogP) is 4.14. The number of carbonyl (C=O) groups excluding carboxylic acids is 2. The van der Waals surface area contributed by atoms with E-state index in [1.54, 1.807) is 18.2 Å². The molecule has 1 amide bonds. The van der Waals surface area contributed by atoms with Gasteiger partial charge in [-0.3, -0.25) is 9.59 Å². The predicted molar refractivity (Wildman–Crippen MR) is 103 cm³/mol. The van der Waals surface area contributed by atoms with Crippen LogP contribution in [0.3, 0.4) is 0 Å². The average Bonchev–Trinajstić information content (AvgIpc) is 3.03. The Bertz CT molecular complexity index is 868. The molecule has 6 heteroatoms. The molecule has 1 aromatic heterocycles. The van der Waals surface area contributed by atoms with Gasteiger partial charge in [0.05, 0.1) is 21.4 Å². The summed E-state index contributed by atoms with van der Waals surface area (Å²) >= 11 is 6.51. The van der Waals surface area contributed by atoms with Gasteiger partial charge in [-0.25, -0.2) is 0 Å². The number of rotatable bonds is 5. The van der Waals surface area contributed by atoms with Crippen LogP contribution >= 0.6 is 23.6 Å². The number of amides is 1. The van der Waals surface area contributed by atoms with E-state index in [-0.39, 0.29) is 16.3 Å². The molecule has 0 saturated carbocycles. The number of nitrogens with one attached hydrogen (secondary N) is 1. The van der Waals surface area contributed by atoms with E-state index in [0.717, 1.165) is 0 Å². The van der Waals surface area contributed by atoms with Crippen molar-refractivity contribution in [1.82, 2.24) is 5.32 Å². The van der Waals surface area contributed by atoms with Crippen molar-refractivity contribution >= 4 is 46.3 Å². The van der Waals surface area contributed by atoms with Gasteiger partial charge in [-0.05, 0) is 36.1 Å². The summed E-state index contributed by atoms with van der Waals surface area (Å²) in [6.45, 7) is 3.64. The lowest BCUT2D eigenvalue weighted by Crippen LogP contribution is -2.46. The number of hydrogen-bond donors (Lipinski definition) is 1. The Morgan fingerprint density at radius 3 is 2.72 bits per heavy atom. The summed E-state index contributed by atoms with van der Waals surface area (Å²) in [4.78, 5) is 25.8. The molecule has 1 aromatic carbocycles. The summed E-state index contributed by atoms with van der Waals surface area (Å²) in [6.07, 6.45) is 3.59. The topological polar surface area (TPSA) is 55.4 Å². The van der Waals surface area contributed by atoms with Crippen LogP contribution in [0.1, 0.15) is 11.3 Å². The van der Waals surface area contributed by atoms with Gasteiger partial charge >= 0.3 is 0 Å². The fraction of sp³-hybridized carbons (Fsp3) is 0.105. The van der Waals surface area contributed by atoms with Crippen LogP contribution in [0.4, 0.5) is 0 Å². The number of benzene rings is 1. The first-order chi connectivity index (χ1) is 12.1. The highest BCUT2D eigenvalue weighted by Crippen LogP contribution is 2.32. The van der Waals surface area contributed by atoms with Gasteiger partial charge in [-0.15, -0.1) is 17.9 Å². The van der Waals surface area contributed by atoms with Crippen molar-refractivity contribution in [2.75, 3.05) is 0 Å². The van der Waals surface area contributed by atoms with Crippen LogP contribution < -0.4 is 10.1 Å². The van der Waals surface area contributed by atoms with Gasteiger partial charge in [0.1, 0.15) is 11.5 Å². The fourth-order valence-electron chi connectivity index (χ4n) is 2.45. The monoisotopic (exact) mass is 369 g/mol. The maximum Gasteiger partial charge on any atom is 0.259 e. The van der Waals surface area contributed by atoms with Crippen molar-refractivity contribution in [3.63, 3.8) is 0 Å². The Kier molecular flexibility index (Phi) is 5.21. The van der Waals surface area contributed by atoms with Crippen LogP contribution in [0.5, 0.6) is 11.5 Å². The van der Waals surface area contributed by atoms with Crippen LogP contribution in [-0.4, -0.2) is 16.7 Å². The zero-order chi connectivity index (χ0) is 17.8. The van der Waals surface area contributed by atoms with Gasteiger partial charge < -0.3 is 10.1 Å². The molecule has 1 saturated heterocycles. The molecule has 1 aliphatic rings. The van der Waals surface area contributed by atoms with Crippen LogP contribution in [-0.2, 0) is 9.59 Å². The Morgan fingerprint density at radius 2 is 2.00 bits per heavy atom. The second-order valence-corrected chi connectivity index (χ2v) is 6.77. The molecule has 0 spiro atoms. The summed E-state index contributed by atoms with van der Waals surface area (Å²) in [5.74, 6) is -0.0274. The second-order valence-electron chi connectivity index (χ2n) is 5.38. The Morgan fingerprint density at radius 1 is 1.24 bits per heavy atom. The smallest absolute Gasteiger partial charge is 0.259 e. The van der Waals surface area contributed by atoms with Gasteiger partial charge in [0.25, 0.3) is 5.91 Å². The molecule has 0 bridgehead atoms. The number of allylic oxidation sites excluding steroid dienone is 1. The Hall–Kier alpha value is -2.57. The third kappa shape index (κ3) is 3.75. The number of Topliss-reactive ketones (excluding diaryl/α,β-unsaturated/α-hetero) is 1. The minimum Gasteiger partial charge on any atom is -0.456 e. The number of hydrogen-bond acceptors (Lipinski definition) is 5. The molecule has 1 atom stereocenters. The minimum absolute atomic E-state index is 0.0841. The second kappa shape index (κ2) is 7.55. The minimum atomic E-state index is -0.546. The number of piperidine rings is 1. The highest BCUT2D eigenvalue weighted by Gasteiger charge is 2.35. The van der Waals surface area contributed by atoms with E-state index in [9.17, 15) is 9.59 Å². The number of para-hydroxylation sites is 1. The summed E-state index contributed by atoms with van der Waals surface area (Å²) < 4.78 is 5.84. The molecule has 2 aromatic rings. The quantitative estimate of drug-likeness (QED) is 0.372. The third-order valence-electron chi connectivity index (χ3n) is 3.69. The Balaban J connectivity index is 1.91. The summed E-state index contributed by atoms with van der Waals surface area (Å²) in [6, 6.07) is 11.1. The summed E-state index contributed by atoms with van der Waals surface area (Å²) in [5.41, 5.74) is 0.0841. The number of thiocarbonyl (C=S) groups is 1. The number of carbonyl (C=O) groups is 2. The van der Waals surface area contributed by atoms with E-state index in [1.165, 1.54) is 11.3 Å². The first kappa shape index (κ1) is 17.3. The highest BCUT2D eigenvalue weighted by atomic mass is 32.1. The van der Waals surface area contributed by atoms with Gasteiger partial charge in [0.15, 0.2) is 5.78 Å². The van der Waals surface area contributed by atoms with E-state index < -0.39 is 11.8 Å². The van der Waals surface area contributed by atoms with Crippen LogP contribution in [0, 0.1) is 5.92 Å². The molecule has 0 aliphatic carbocycles. The van der Waals surface area contributed by atoms with Crippen molar-refractivity contribution < 1.29 is 14.3 Å². The first-order valence-electron chi connectivity index (χ1n) is 7.62. The SMILES string of the molecule is C=CCC1C(=O)/C(=C/c2sccc2Oc2ccccc2)C(=O)NC1=S. The van der Waals surface area contributed by atoms with Gasteiger partial charge in [-0.1, -0.05) is 36.5 Å². The lowest BCUT2D eigenvalue weighted by Gasteiger charge is -2.23. The lowest BCUT2D eigenvalue weighted by atomic mass is 9.90. The summed E-state index contributed by atoms with van der Waals surface area (Å²) in [5, 5.41) is 4.44. The van der Waals surface area contributed by atoms with Gasteiger partial charge in [0.2, 0.25) is 0 Å². The van der Waals surface area contributed by atoms with Crippen LogP contribution in [0.2, 0.25) is 0 Å². The van der Waals surface area contributed by atoms with Crippen molar-refractivity contribution in [2.24, 2.45) is 5.92 Å². The van der Waals surface area contributed by atoms with Crippen LogP contribution in [0.15, 0.2) is 60.0 Å². The van der Waals surface area contributed by atoms with Crippen molar-refractivity contribution in [2.45, 2.75) is 6.42 Å². The molecule has 1 aliphatic heterocycles. The molecule has 1 fully saturated rings. The van der Waals surface area contributed by atoms with E-state index in [1.807, 2.05) is 35.7 Å². The van der Waals surface area contributed by atoms with Crippen molar-refractivity contribution in [3.05, 3.63) is 64.9 Å². The van der Waals surface area contributed by atoms with Crippen molar-refractivity contribution in [1.29, 1.82) is 0 Å². The molecule has 4 nitrogen and oxygen atoms in total. The highest BCUT2D eigenvalue weighted by molar-refractivity contribution is 7.80. The molecule has 126 valence electrons. The maximum absolute atomic E-state index is 12.6. The largest absolute Gasteiger partial charge is 0.456 e. The average molecular weight is 369 g/mol. The van der Waals surface area contributed by atoms with Gasteiger partial charge in [-0.2, -0.15) is 0 Å². The fourth-order valence-corrected chi connectivity index (χ4v) is 3.49. The molecule has 1 N–H and O–H groups in total. The molecular formula is C19H15NO3S2. The molecular weight excluding hydrogens is 354 g/mol. The molecule has 0 radical (unpaired) electrons. The van der Waals surface area contributed by atoms with E-state index in [2.05, 4.69) is 11.9 Å². The van der Waals surface area contributed by atoms with Gasteiger partial charge in [0, 0.05) is 0 Å². The molecule has 2 heterocycles. The standard InChI is InChI=1S/C19H15NO3S2/c1-2-6-13-17(21)14(18(22)20-19(13)24)11-16-15(9-10-25-16)23-12-7-4-3-5-8-12/h2-5,7-11,13H,1,6H2,(H,20,22,24)/b14-11-. The normalized spacial score (nSPS) is 19.0. The molecule has 25 heavy (non-hydrogen) atoms. The molecule has 3 rings (SSSR count). The number of ether oxygens (including phenoxy) is 1. The zero-order valence-electron chi connectivity index (χ0n) is 13.2. The van der Waals surface area contributed by atoms with E-state index in [4.69, 9.17) is 17.0 Å². The number of thiophene rings is 1. The zero-order valence-corrected chi connectivity index (χ0v) is 14.9.